The summed E-state index contributed by atoms with van der Waals surface area (Å²) in [6.07, 6.45) is 0. The van der Waals surface area contributed by atoms with Gasteiger partial charge in [0.2, 0.25) is 0 Å². The predicted molar refractivity (Wildman–Crippen MR) is 68.9 cm³/mol. The van der Waals surface area contributed by atoms with E-state index in [0.29, 0.717) is 13.2 Å². The normalized spacial score (nSPS) is 12.6. The number of rotatable bonds is 5. The highest BCUT2D eigenvalue weighted by molar-refractivity contribution is 5.21. The van der Waals surface area contributed by atoms with E-state index in [-0.39, 0.29) is 6.04 Å². The summed E-state index contributed by atoms with van der Waals surface area (Å²) in [5.74, 6) is 0. The highest BCUT2D eigenvalue weighted by Crippen LogP contribution is 2.20. The van der Waals surface area contributed by atoms with Crippen LogP contribution in [0.4, 0.5) is 0 Å². The van der Waals surface area contributed by atoms with Crippen LogP contribution in [0.1, 0.15) is 29.9 Å². The van der Waals surface area contributed by atoms with Crippen molar-refractivity contribution in [2.24, 2.45) is 5.73 Å². The Bertz CT molecular complexity index is 495. The second kappa shape index (κ2) is 5.75. The summed E-state index contributed by atoms with van der Waals surface area (Å²) >= 11 is 0. The lowest BCUT2D eigenvalue weighted by Gasteiger charge is -2.15. The van der Waals surface area contributed by atoms with E-state index in [9.17, 15) is 0 Å². The van der Waals surface area contributed by atoms with Crippen LogP contribution >= 0.6 is 0 Å². The van der Waals surface area contributed by atoms with Crippen molar-refractivity contribution in [2.75, 3.05) is 7.11 Å². The molecule has 5 heteroatoms. The van der Waals surface area contributed by atoms with Gasteiger partial charge in [-0.3, -0.25) is 0 Å². The maximum atomic E-state index is 5.66. The number of hydrogen-bond donors (Lipinski definition) is 1. The Kier molecular flexibility index (Phi) is 4.07. The van der Waals surface area contributed by atoms with Gasteiger partial charge >= 0.3 is 0 Å². The van der Waals surface area contributed by atoms with E-state index in [1.54, 1.807) is 7.11 Å². The molecule has 2 rings (SSSR count). The molecule has 0 saturated heterocycles. The van der Waals surface area contributed by atoms with Crippen LogP contribution in [0.15, 0.2) is 30.3 Å². The summed E-state index contributed by atoms with van der Waals surface area (Å²) in [6, 6.07) is 10.3. The first-order valence-corrected chi connectivity index (χ1v) is 5.94. The third-order valence-electron chi connectivity index (χ3n) is 2.99. The lowest BCUT2D eigenvalue weighted by molar-refractivity contribution is 0.174. The average Bonchev–Trinajstić information content (AvgIpc) is 2.82. The van der Waals surface area contributed by atoms with Crippen molar-refractivity contribution in [3.05, 3.63) is 47.3 Å². The third kappa shape index (κ3) is 2.42. The molecule has 0 aliphatic rings. The lowest BCUT2D eigenvalue weighted by Crippen LogP contribution is -2.14. The second-order valence-corrected chi connectivity index (χ2v) is 4.15. The molecule has 1 unspecified atom stereocenters. The van der Waals surface area contributed by atoms with Crippen molar-refractivity contribution < 1.29 is 4.74 Å². The maximum absolute atomic E-state index is 5.66. The van der Waals surface area contributed by atoms with E-state index in [0.717, 1.165) is 11.4 Å². The molecule has 5 nitrogen and oxygen atoms in total. The first kappa shape index (κ1) is 12.7. The van der Waals surface area contributed by atoms with Crippen LogP contribution in [-0.2, 0) is 17.9 Å². The Morgan fingerprint density at radius 2 is 2.06 bits per heavy atom. The molecular formula is C13H18N4O. The lowest BCUT2D eigenvalue weighted by atomic mass is 10.1. The van der Waals surface area contributed by atoms with Crippen molar-refractivity contribution in [3.8, 4) is 0 Å². The number of nitrogens with zero attached hydrogens (tertiary/aromatic N) is 3. The number of benzene rings is 1. The van der Waals surface area contributed by atoms with E-state index in [1.807, 2.05) is 22.9 Å². The molecule has 0 spiro atoms. The van der Waals surface area contributed by atoms with Gasteiger partial charge in [-0.1, -0.05) is 35.5 Å². The first-order chi connectivity index (χ1) is 8.77. The molecule has 96 valence electrons. The van der Waals surface area contributed by atoms with Crippen LogP contribution in [0.5, 0.6) is 0 Å². The standard InChI is InChI=1S/C13H18N4O/c1-10(11-6-4-3-5-7-11)17-13(9-18-2)12(8-14)15-16-17/h3-7,10H,8-9,14H2,1-2H3. The van der Waals surface area contributed by atoms with Crippen LogP contribution in [0.3, 0.4) is 0 Å². The van der Waals surface area contributed by atoms with Crippen LogP contribution in [-0.4, -0.2) is 22.1 Å². The molecular weight excluding hydrogens is 228 g/mol. The summed E-state index contributed by atoms with van der Waals surface area (Å²) in [4.78, 5) is 0. The fourth-order valence-electron chi connectivity index (χ4n) is 1.97. The van der Waals surface area contributed by atoms with Gasteiger partial charge in [0.05, 0.1) is 18.3 Å². The molecule has 1 atom stereocenters. The van der Waals surface area contributed by atoms with Crippen LogP contribution in [0.2, 0.25) is 0 Å². The Morgan fingerprint density at radius 1 is 1.33 bits per heavy atom. The Morgan fingerprint density at radius 3 is 2.67 bits per heavy atom. The average molecular weight is 246 g/mol. The Labute approximate surface area is 107 Å². The topological polar surface area (TPSA) is 66.0 Å². The summed E-state index contributed by atoms with van der Waals surface area (Å²) in [6.45, 7) is 2.93. The number of ether oxygens (including phenoxy) is 1. The summed E-state index contributed by atoms with van der Waals surface area (Å²) in [5, 5.41) is 8.30. The minimum atomic E-state index is 0.115. The largest absolute Gasteiger partial charge is 0.378 e. The van der Waals surface area contributed by atoms with E-state index in [1.165, 1.54) is 5.56 Å². The van der Waals surface area contributed by atoms with Crippen molar-refractivity contribution in [2.45, 2.75) is 26.1 Å². The zero-order valence-electron chi connectivity index (χ0n) is 10.7. The van der Waals surface area contributed by atoms with Gasteiger partial charge in [-0.2, -0.15) is 0 Å². The molecule has 2 N–H and O–H groups in total. The summed E-state index contributed by atoms with van der Waals surface area (Å²) in [7, 11) is 1.66. The predicted octanol–water partition coefficient (Wildman–Crippen LogP) is 1.49. The molecule has 0 bridgehead atoms. The fraction of sp³-hybridized carbons (Fsp3) is 0.385. The van der Waals surface area contributed by atoms with E-state index in [2.05, 4.69) is 29.4 Å². The third-order valence-corrected chi connectivity index (χ3v) is 2.99. The highest BCUT2D eigenvalue weighted by Gasteiger charge is 2.17. The van der Waals surface area contributed by atoms with Gasteiger partial charge < -0.3 is 10.5 Å². The Hall–Kier alpha value is -1.72. The molecule has 0 saturated carbocycles. The van der Waals surface area contributed by atoms with E-state index >= 15 is 0 Å². The molecule has 18 heavy (non-hydrogen) atoms. The zero-order valence-corrected chi connectivity index (χ0v) is 10.7. The van der Waals surface area contributed by atoms with Gasteiger partial charge in [-0.15, -0.1) is 5.10 Å². The Balaban J connectivity index is 2.35. The molecule has 2 aromatic rings. The van der Waals surface area contributed by atoms with Crippen molar-refractivity contribution >= 4 is 0 Å². The van der Waals surface area contributed by atoms with Crippen LogP contribution < -0.4 is 5.73 Å². The molecule has 0 radical (unpaired) electrons. The second-order valence-electron chi connectivity index (χ2n) is 4.15. The molecule has 1 heterocycles. The van der Waals surface area contributed by atoms with E-state index < -0.39 is 0 Å². The first-order valence-electron chi connectivity index (χ1n) is 5.94. The van der Waals surface area contributed by atoms with Gasteiger partial charge in [0, 0.05) is 13.7 Å². The molecule has 0 aliphatic carbocycles. The minimum absolute atomic E-state index is 0.115. The van der Waals surface area contributed by atoms with Crippen LogP contribution in [0, 0.1) is 0 Å². The molecule has 0 amide bonds. The SMILES string of the molecule is COCc1c(CN)nnn1C(C)c1ccccc1. The number of aromatic nitrogens is 3. The molecule has 0 fully saturated rings. The smallest absolute Gasteiger partial charge is 0.102 e. The van der Waals surface area contributed by atoms with Crippen molar-refractivity contribution in [3.63, 3.8) is 0 Å². The van der Waals surface area contributed by atoms with Crippen LogP contribution in [0.25, 0.3) is 0 Å². The van der Waals surface area contributed by atoms with Gasteiger partial charge in [-0.05, 0) is 12.5 Å². The van der Waals surface area contributed by atoms with Crippen molar-refractivity contribution in [1.82, 2.24) is 15.0 Å². The molecule has 1 aromatic carbocycles. The molecule has 0 aliphatic heterocycles. The highest BCUT2D eigenvalue weighted by atomic mass is 16.5. The summed E-state index contributed by atoms with van der Waals surface area (Å²) < 4.78 is 7.08. The van der Waals surface area contributed by atoms with Gasteiger partial charge in [-0.25, -0.2) is 4.68 Å². The number of nitrogens with two attached hydrogens (primary N) is 1. The number of hydrogen-bond acceptors (Lipinski definition) is 4. The quantitative estimate of drug-likeness (QED) is 0.868. The van der Waals surface area contributed by atoms with Gasteiger partial charge in [0.15, 0.2) is 0 Å². The van der Waals surface area contributed by atoms with E-state index in [4.69, 9.17) is 10.5 Å². The summed E-state index contributed by atoms with van der Waals surface area (Å²) in [5.41, 5.74) is 8.58. The monoisotopic (exact) mass is 246 g/mol. The number of methoxy groups -OCH3 is 1. The fourth-order valence-corrected chi connectivity index (χ4v) is 1.97. The van der Waals surface area contributed by atoms with Crippen molar-refractivity contribution in [1.29, 1.82) is 0 Å². The molecule has 1 aromatic heterocycles. The van der Waals surface area contributed by atoms with Gasteiger partial charge in [0.25, 0.3) is 0 Å². The zero-order chi connectivity index (χ0) is 13.0. The maximum Gasteiger partial charge on any atom is 0.102 e. The minimum Gasteiger partial charge on any atom is -0.378 e. The van der Waals surface area contributed by atoms with Gasteiger partial charge in [0.1, 0.15) is 5.69 Å².